The molecule has 3 saturated carbocycles. The predicted octanol–water partition coefficient (Wildman–Crippen LogP) is 4.95. The molecule has 1 spiro atoms. The molecule has 4 aliphatic carbocycles. The maximum absolute atomic E-state index is 10.1. The van der Waals surface area contributed by atoms with Crippen LogP contribution in [0.5, 0.6) is 0 Å². The summed E-state index contributed by atoms with van der Waals surface area (Å²) in [5.74, 6) is 2.45. The van der Waals surface area contributed by atoms with Crippen LogP contribution in [-0.4, -0.2) is 11.7 Å². The smallest absolute Gasteiger partial charge is 0.0487 e. The topological polar surface area (TPSA) is 20.2 Å². The SMILES string of the molecule is CC1=C[C@H]2CC[C@H]3[C@](C)(CO)CCC[C@@]3(C)[C@]23CC[C@H]1C3. The van der Waals surface area contributed by atoms with Crippen molar-refractivity contribution < 1.29 is 5.11 Å². The fourth-order valence-corrected chi connectivity index (χ4v) is 7.49. The lowest BCUT2D eigenvalue weighted by molar-refractivity contribution is -0.165. The molecule has 6 atom stereocenters. The Balaban J connectivity index is 1.80. The van der Waals surface area contributed by atoms with Gasteiger partial charge in [0.05, 0.1) is 0 Å². The van der Waals surface area contributed by atoms with Gasteiger partial charge in [0.1, 0.15) is 0 Å². The van der Waals surface area contributed by atoms with Gasteiger partial charge in [0, 0.05) is 6.61 Å². The fraction of sp³-hybridized carbons (Fsp3) is 0.900. The van der Waals surface area contributed by atoms with Crippen LogP contribution < -0.4 is 0 Å². The molecule has 0 aromatic rings. The molecule has 1 N–H and O–H groups in total. The van der Waals surface area contributed by atoms with Crippen LogP contribution in [0, 0.1) is 34.0 Å². The first-order valence-corrected chi connectivity index (χ1v) is 9.24. The second-order valence-electron chi connectivity index (χ2n) is 9.33. The molecule has 2 bridgehead atoms. The van der Waals surface area contributed by atoms with Crippen molar-refractivity contribution in [3.05, 3.63) is 11.6 Å². The molecule has 0 saturated heterocycles. The van der Waals surface area contributed by atoms with Gasteiger partial charge in [-0.1, -0.05) is 31.9 Å². The van der Waals surface area contributed by atoms with Crippen LogP contribution in [0.4, 0.5) is 0 Å². The summed E-state index contributed by atoms with van der Waals surface area (Å²) in [7, 11) is 0. The van der Waals surface area contributed by atoms with Crippen LogP contribution in [0.3, 0.4) is 0 Å². The van der Waals surface area contributed by atoms with Crippen LogP contribution in [0.15, 0.2) is 11.6 Å². The van der Waals surface area contributed by atoms with Gasteiger partial charge in [0.25, 0.3) is 0 Å². The van der Waals surface area contributed by atoms with E-state index in [0.29, 0.717) is 17.4 Å². The van der Waals surface area contributed by atoms with Gasteiger partial charge >= 0.3 is 0 Å². The van der Waals surface area contributed by atoms with Crippen LogP contribution in [-0.2, 0) is 0 Å². The third-order valence-corrected chi connectivity index (χ3v) is 8.69. The highest BCUT2D eigenvalue weighted by Gasteiger charge is 2.65. The average Bonchev–Trinajstić information content (AvgIpc) is 2.85. The van der Waals surface area contributed by atoms with Crippen LogP contribution in [0.2, 0.25) is 0 Å². The zero-order valence-corrected chi connectivity index (χ0v) is 14.1. The Labute approximate surface area is 130 Å². The fourth-order valence-electron chi connectivity index (χ4n) is 7.49. The number of aliphatic hydroxyl groups is 1. The molecule has 4 rings (SSSR count). The Morgan fingerprint density at radius 1 is 1.14 bits per heavy atom. The minimum atomic E-state index is 0.182. The average molecular weight is 288 g/mol. The van der Waals surface area contributed by atoms with Crippen molar-refractivity contribution in [3.63, 3.8) is 0 Å². The summed E-state index contributed by atoms with van der Waals surface area (Å²) in [4.78, 5) is 0. The summed E-state index contributed by atoms with van der Waals surface area (Å²) in [5.41, 5.74) is 2.91. The molecule has 0 heterocycles. The molecule has 0 radical (unpaired) electrons. The molecular formula is C20H32O. The maximum atomic E-state index is 10.1. The summed E-state index contributed by atoms with van der Waals surface area (Å²) < 4.78 is 0. The quantitative estimate of drug-likeness (QED) is 0.677. The van der Waals surface area contributed by atoms with Crippen molar-refractivity contribution in [1.29, 1.82) is 0 Å². The molecule has 4 aliphatic rings. The standard InChI is InChI=1S/C20H32O/c1-14-11-16-5-6-17-18(2,13-21)8-4-9-19(17,3)20(16)10-7-15(14)12-20/h11,15-17,21H,4-10,12-13H2,1-3H3/t15-,16+,17-,18-,19+,20-/m0/s1. The number of aliphatic hydroxyl groups excluding tert-OH is 1. The highest BCUT2D eigenvalue weighted by molar-refractivity contribution is 5.25. The Kier molecular flexibility index (Phi) is 2.98. The molecule has 1 nitrogen and oxygen atoms in total. The van der Waals surface area contributed by atoms with E-state index >= 15 is 0 Å². The molecule has 118 valence electrons. The first kappa shape index (κ1) is 14.3. The first-order valence-electron chi connectivity index (χ1n) is 9.24. The van der Waals surface area contributed by atoms with E-state index in [4.69, 9.17) is 0 Å². The van der Waals surface area contributed by atoms with E-state index in [1.807, 2.05) is 0 Å². The monoisotopic (exact) mass is 288 g/mol. The highest BCUT2D eigenvalue weighted by Crippen LogP contribution is 2.73. The van der Waals surface area contributed by atoms with Crippen molar-refractivity contribution in [2.24, 2.45) is 34.0 Å². The van der Waals surface area contributed by atoms with Crippen LogP contribution in [0.25, 0.3) is 0 Å². The van der Waals surface area contributed by atoms with Gasteiger partial charge in [-0.05, 0) is 85.9 Å². The van der Waals surface area contributed by atoms with Crippen molar-refractivity contribution in [2.75, 3.05) is 6.61 Å². The van der Waals surface area contributed by atoms with E-state index in [-0.39, 0.29) is 5.41 Å². The van der Waals surface area contributed by atoms with Gasteiger partial charge in [-0.25, -0.2) is 0 Å². The molecule has 3 fully saturated rings. The molecule has 21 heavy (non-hydrogen) atoms. The Morgan fingerprint density at radius 2 is 1.95 bits per heavy atom. The molecule has 0 unspecified atom stereocenters. The summed E-state index contributed by atoms with van der Waals surface area (Å²) in [6.45, 7) is 7.77. The molecule has 0 aromatic heterocycles. The number of allylic oxidation sites excluding steroid dienone is 2. The van der Waals surface area contributed by atoms with Gasteiger partial charge in [-0.15, -0.1) is 0 Å². The lowest BCUT2D eigenvalue weighted by atomic mass is 9.39. The lowest BCUT2D eigenvalue weighted by Gasteiger charge is -2.65. The van der Waals surface area contributed by atoms with Gasteiger partial charge in [-0.3, -0.25) is 0 Å². The number of hydrogen-bond acceptors (Lipinski definition) is 1. The van der Waals surface area contributed by atoms with E-state index in [2.05, 4.69) is 26.8 Å². The zero-order chi connectivity index (χ0) is 14.9. The van der Waals surface area contributed by atoms with E-state index in [9.17, 15) is 5.11 Å². The Bertz CT molecular complexity index is 480. The van der Waals surface area contributed by atoms with Crippen LogP contribution in [0.1, 0.15) is 72.1 Å². The molecule has 1 heteroatoms. The number of rotatable bonds is 1. The largest absolute Gasteiger partial charge is 0.396 e. The lowest BCUT2D eigenvalue weighted by Crippen LogP contribution is -2.59. The molecule has 0 aromatic carbocycles. The predicted molar refractivity (Wildman–Crippen MR) is 86.9 cm³/mol. The Morgan fingerprint density at radius 3 is 2.71 bits per heavy atom. The van der Waals surface area contributed by atoms with Gasteiger partial charge in [0.15, 0.2) is 0 Å². The zero-order valence-electron chi connectivity index (χ0n) is 14.1. The molecule has 0 amide bonds. The number of fused-ring (bicyclic) bond motifs is 2. The third-order valence-electron chi connectivity index (χ3n) is 8.69. The summed E-state index contributed by atoms with van der Waals surface area (Å²) in [6, 6.07) is 0. The third kappa shape index (κ3) is 1.62. The van der Waals surface area contributed by atoms with Crippen molar-refractivity contribution in [2.45, 2.75) is 72.1 Å². The summed E-state index contributed by atoms with van der Waals surface area (Å²) in [5, 5.41) is 10.1. The van der Waals surface area contributed by atoms with Crippen molar-refractivity contribution in [1.82, 2.24) is 0 Å². The van der Waals surface area contributed by atoms with Crippen molar-refractivity contribution in [3.8, 4) is 0 Å². The molecular weight excluding hydrogens is 256 g/mol. The van der Waals surface area contributed by atoms with E-state index in [1.165, 1.54) is 51.4 Å². The Hall–Kier alpha value is -0.300. The summed E-state index contributed by atoms with van der Waals surface area (Å²) >= 11 is 0. The minimum Gasteiger partial charge on any atom is -0.396 e. The van der Waals surface area contributed by atoms with E-state index in [1.54, 1.807) is 5.57 Å². The molecule has 0 aliphatic heterocycles. The normalized spacial score (nSPS) is 55.6. The highest BCUT2D eigenvalue weighted by atomic mass is 16.3. The number of hydrogen-bond donors (Lipinski definition) is 1. The van der Waals surface area contributed by atoms with Crippen molar-refractivity contribution >= 4 is 0 Å². The van der Waals surface area contributed by atoms with Gasteiger partial charge < -0.3 is 5.11 Å². The minimum absolute atomic E-state index is 0.182. The van der Waals surface area contributed by atoms with E-state index in [0.717, 1.165) is 17.8 Å². The summed E-state index contributed by atoms with van der Waals surface area (Å²) in [6.07, 6.45) is 13.7. The maximum Gasteiger partial charge on any atom is 0.0487 e. The second-order valence-corrected chi connectivity index (χ2v) is 9.33. The van der Waals surface area contributed by atoms with E-state index < -0.39 is 0 Å². The second kappa shape index (κ2) is 4.37. The van der Waals surface area contributed by atoms with Crippen LogP contribution >= 0.6 is 0 Å². The van der Waals surface area contributed by atoms with Gasteiger partial charge in [-0.2, -0.15) is 0 Å². The first-order chi connectivity index (χ1) is 9.95. The van der Waals surface area contributed by atoms with Gasteiger partial charge in [0.2, 0.25) is 0 Å².